The Morgan fingerprint density at radius 3 is 2.75 bits per heavy atom. The number of hydrogen-bond acceptors (Lipinski definition) is 6. The first-order valence-electron chi connectivity index (χ1n) is 8.67. The molecule has 1 aromatic heterocycles. The maximum atomic E-state index is 12.3. The Bertz CT molecular complexity index is 1030. The standard InChI is InChI=1S/C20H19BrN2O5/c1-3-26-15-5-6-16-12(8-15)9-18(28-16)20(25)23-22-11-13-7-14(21)10-17(19(13)24)27-4-2/h5-11,24H,3-4H2,1-2H3,(H,23,25)/b22-11+. The maximum Gasteiger partial charge on any atom is 0.307 e. The number of furan rings is 1. The van der Waals surface area contributed by atoms with Crippen LogP contribution < -0.4 is 14.9 Å². The fourth-order valence-corrected chi connectivity index (χ4v) is 3.02. The second-order valence-electron chi connectivity index (χ2n) is 5.72. The lowest BCUT2D eigenvalue weighted by Gasteiger charge is -2.08. The molecule has 3 aromatic rings. The number of nitrogens with zero attached hydrogens (tertiary/aromatic N) is 1. The van der Waals surface area contributed by atoms with Crippen molar-refractivity contribution >= 4 is 39.0 Å². The zero-order chi connectivity index (χ0) is 20.1. The topological polar surface area (TPSA) is 93.3 Å². The number of rotatable bonds is 7. The number of fused-ring (bicyclic) bond motifs is 1. The maximum absolute atomic E-state index is 12.3. The molecule has 0 radical (unpaired) electrons. The number of amides is 1. The van der Waals surface area contributed by atoms with Crippen LogP contribution in [0.1, 0.15) is 30.0 Å². The molecule has 0 fully saturated rings. The number of hydrogen-bond donors (Lipinski definition) is 2. The van der Waals surface area contributed by atoms with Gasteiger partial charge in [0.05, 0.1) is 19.4 Å². The van der Waals surface area contributed by atoms with Crippen LogP contribution in [0.15, 0.2) is 50.4 Å². The molecule has 3 rings (SSSR count). The van der Waals surface area contributed by atoms with Gasteiger partial charge in [-0.05, 0) is 50.2 Å². The highest BCUT2D eigenvalue weighted by Gasteiger charge is 2.13. The van der Waals surface area contributed by atoms with Crippen LogP contribution in [0.3, 0.4) is 0 Å². The van der Waals surface area contributed by atoms with E-state index in [-0.39, 0.29) is 11.5 Å². The fraction of sp³-hybridized carbons (Fsp3) is 0.200. The number of carbonyl (C=O) groups excluding carboxylic acids is 1. The van der Waals surface area contributed by atoms with Crippen LogP contribution in [0.2, 0.25) is 0 Å². The van der Waals surface area contributed by atoms with E-state index < -0.39 is 5.91 Å². The molecule has 8 heteroatoms. The number of nitrogens with one attached hydrogen (secondary N) is 1. The normalized spacial score (nSPS) is 11.1. The van der Waals surface area contributed by atoms with Gasteiger partial charge in [-0.25, -0.2) is 5.43 Å². The number of ether oxygens (including phenoxy) is 2. The van der Waals surface area contributed by atoms with Crippen molar-refractivity contribution in [2.24, 2.45) is 5.10 Å². The molecule has 0 bridgehead atoms. The van der Waals surface area contributed by atoms with E-state index in [1.807, 2.05) is 13.8 Å². The molecule has 0 aliphatic carbocycles. The number of hydrazone groups is 1. The van der Waals surface area contributed by atoms with E-state index in [2.05, 4.69) is 26.5 Å². The van der Waals surface area contributed by atoms with Gasteiger partial charge in [-0.15, -0.1) is 0 Å². The van der Waals surface area contributed by atoms with Crippen LogP contribution >= 0.6 is 15.9 Å². The van der Waals surface area contributed by atoms with E-state index in [1.165, 1.54) is 6.21 Å². The number of phenolic OH excluding ortho intramolecular Hbond substituents is 1. The number of halogens is 1. The molecule has 28 heavy (non-hydrogen) atoms. The van der Waals surface area contributed by atoms with Gasteiger partial charge in [0.25, 0.3) is 0 Å². The van der Waals surface area contributed by atoms with Crippen molar-refractivity contribution in [1.82, 2.24) is 5.43 Å². The summed E-state index contributed by atoms with van der Waals surface area (Å²) in [6.45, 7) is 4.68. The van der Waals surface area contributed by atoms with Crippen molar-refractivity contribution in [3.8, 4) is 17.2 Å². The molecule has 7 nitrogen and oxygen atoms in total. The van der Waals surface area contributed by atoms with Crippen molar-refractivity contribution in [1.29, 1.82) is 0 Å². The predicted octanol–water partition coefficient (Wildman–Crippen LogP) is 4.46. The first-order chi connectivity index (χ1) is 13.5. The van der Waals surface area contributed by atoms with Crippen LogP contribution in [0.5, 0.6) is 17.2 Å². The molecule has 146 valence electrons. The molecule has 0 aliphatic heterocycles. The smallest absolute Gasteiger partial charge is 0.307 e. The molecule has 0 unspecified atom stereocenters. The molecule has 0 atom stereocenters. The van der Waals surface area contributed by atoms with Gasteiger partial charge in [-0.1, -0.05) is 15.9 Å². The van der Waals surface area contributed by atoms with Gasteiger partial charge >= 0.3 is 5.91 Å². The third-order valence-corrected chi connectivity index (χ3v) is 4.22. The molecular weight excluding hydrogens is 428 g/mol. The third-order valence-electron chi connectivity index (χ3n) is 3.76. The molecule has 2 aromatic carbocycles. The highest BCUT2D eigenvalue weighted by molar-refractivity contribution is 9.10. The second-order valence-corrected chi connectivity index (χ2v) is 6.63. The van der Waals surface area contributed by atoms with E-state index in [0.29, 0.717) is 40.3 Å². The summed E-state index contributed by atoms with van der Waals surface area (Å²) in [4.78, 5) is 12.3. The monoisotopic (exact) mass is 446 g/mol. The largest absolute Gasteiger partial charge is 0.504 e. The number of carbonyl (C=O) groups is 1. The van der Waals surface area contributed by atoms with Crippen LogP contribution in [-0.2, 0) is 0 Å². The lowest BCUT2D eigenvalue weighted by Crippen LogP contribution is -2.16. The Balaban J connectivity index is 1.74. The molecule has 0 aliphatic rings. The summed E-state index contributed by atoms with van der Waals surface area (Å²) in [5.41, 5.74) is 3.35. The Hall–Kier alpha value is -3.00. The fourth-order valence-electron chi connectivity index (χ4n) is 2.56. The van der Waals surface area contributed by atoms with Gasteiger partial charge in [-0.3, -0.25) is 4.79 Å². The minimum atomic E-state index is -0.509. The summed E-state index contributed by atoms with van der Waals surface area (Å²) in [7, 11) is 0. The average molecular weight is 447 g/mol. The highest BCUT2D eigenvalue weighted by Crippen LogP contribution is 2.33. The summed E-state index contributed by atoms with van der Waals surface area (Å²) in [6, 6.07) is 10.3. The Kier molecular flexibility index (Phi) is 6.20. The minimum Gasteiger partial charge on any atom is -0.504 e. The molecule has 1 heterocycles. The zero-order valence-electron chi connectivity index (χ0n) is 15.4. The van der Waals surface area contributed by atoms with Gasteiger partial charge in [0.1, 0.15) is 11.3 Å². The van der Waals surface area contributed by atoms with Crippen molar-refractivity contribution in [2.45, 2.75) is 13.8 Å². The van der Waals surface area contributed by atoms with Crippen molar-refractivity contribution in [2.75, 3.05) is 13.2 Å². The van der Waals surface area contributed by atoms with Crippen LogP contribution in [0, 0.1) is 0 Å². The van der Waals surface area contributed by atoms with Gasteiger partial charge < -0.3 is 19.0 Å². The number of phenols is 1. The summed E-state index contributed by atoms with van der Waals surface area (Å²) in [5.74, 6) is 0.581. The van der Waals surface area contributed by atoms with Crippen molar-refractivity contribution < 1.29 is 23.8 Å². The predicted molar refractivity (Wildman–Crippen MR) is 109 cm³/mol. The van der Waals surface area contributed by atoms with E-state index in [0.717, 1.165) is 5.39 Å². The molecular formula is C20H19BrN2O5. The first kappa shape index (κ1) is 19.8. The molecule has 0 spiro atoms. The zero-order valence-corrected chi connectivity index (χ0v) is 16.9. The van der Waals surface area contributed by atoms with Crippen LogP contribution in [0.25, 0.3) is 11.0 Å². The van der Waals surface area contributed by atoms with Gasteiger partial charge in [-0.2, -0.15) is 5.10 Å². The third kappa shape index (κ3) is 4.45. The summed E-state index contributed by atoms with van der Waals surface area (Å²) in [5, 5.41) is 14.9. The first-order valence-corrected chi connectivity index (χ1v) is 9.46. The average Bonchev–Trinajstić information content (AvgIpc) is 3.09. The van der Waals surface area contributed by atoms with E-state index in [1.54, 1.807) is 36.4 Å². The number of benzene rings is 2. The number of aromatic hydroxyl groups is 1. The van der Waals surface area contributed by atoms with Crippen molar-refractivity contribution in [3.05, 3.63) is 52.2 Å². The van der Waals surface area contributed by atoms with Gasteiger partial charge in [0.2, 0.25) is 0 Å². The summed E-state index contributed by atoms with van der Waals surface area (Å²) in [6.07, 6.45) is 1.33. The SMILES string of the molecule is CCOc1ccc2oc(C(=O)N/N=C/c3cc(Br)cc(OCC)c3O)cc2c1. The lowest BCUT2D eigenvalue weighted by molar-refractivity contribution is 0.0929. The van der Waals surface area contributed by atoms with E-state index >= 15 is 0 Å². The van der Waals surface area contributed by atoms with Gasteiger partial charge in [0.15, 0.2) is 17.3 Å². The van der Waals surface area contributed by atoms with Gasteiger partial charge in [0, 0.05) is 15.4 Å². The Morgan fingerprint density at radius 2 is 2.00 bits per heavy atom. The molecule has 0 saturated heterocycles. The molecule has 2 N–H and O–H groups in total. The highest BCUT2D eigenvalue weighted by atomic mass is 79.9. The van der Waals surface area contributed by atoms with E-state index in [9.17, 15) is 9.90 Å². The minimum absolute atomic E-state index is 0.0600. The second kappa shape index (κ2) is 8.79. The van der Waals surface area contributed by atoms with Crippen molar-refractivity contribution in [3.63, 3.8) is 0 Å². The summed E-state index contributed by atoms with van der Waals surface area (Å²) < 4.78 is 17.1. The quantitative estimate of drug-likeness (QED) is 0.412. The molecule has 0 saturated carbocycles. The Labute approximate surface area is 170 Å². The summed E-state index contributed by atoms with van der Waals surface area (Å²) >= 11 is 3.35. The molecule has 1 amide bonds. The van der Waals surface area contributed by atoms with E-state index in [4.69, 9.17) is 13.9 Å². The lowest BCUT2D eigenvalue weighted by atomic mass is 10.2. The Morgan fingerprint density at radius 1 is 1.21 bits per heavy atom. The van der Waals surface area contributed by atoms with Crippen LogP contribution in [0.4, 0.5) is 0 Å². The van der Waals surface area contributed by atoms with Crippen LogP contribution in [-0.4, -0.2) is 30.4 Å².